The molecule has 0 unspecified atom stereocenters. The lowest BCUT2D eigenvalue weighted by Gasteiger charge is -2.08. The Hall–Kier alpha value is -1.40. The molecule has 4 N–H and O–H groups in total. The number of carbonyl (C=O) groups is 3. The van der Waals surface area contributed by atoms with Gasteiger partial charge >= 0.3 is 5.97 Å². The average Bonchev–Trinajstić information content (AvgIpc) is 2.57. The van der Waals surface area contributed by atoms with Crippen molar-refractivity contribution in [2.75, 3.05) is 53.2 Å². The predicted octanol–water partition coefficient (Wildman–Crippen LogP) is -0.592. The summed E-state index contributed by atoms with van der Waals surface area (Å²) in [5, 5.41) is 10.8. The molecule has 0 heterocycles. The van der Waals surface area contributed by atoms with Gasteiger partial charge in [0.15, 0.2) is 0 Å². The molecule has 0 aromatic carbocycles. The molecule has 0 saturated heterocycles. The molecule has 0 aliphatic carbocycles. The second kappa shape index (κ2) is 20.6. The Bertz CT molecular complexity index is 346. The summed E-state index contributed by atoms with van der Waals surface area (Å²) in [6.45, 7) is 6.91. The summed E-state index contributed by atoms with van der Waals surface area (Å²) in [6, 6.07) is 0. The summed E-state index contributed by atoms with van der Waals surface area (Å²) >= 11 is 0.833. The normalized spacial score (nSPS) is 9.92. The molecule has 0 fully saturated rings. The van der Waals surface area contributed by atoms with E-state index in [2.05, 4.69) is 14.8 Å². The topological polar surface area (TPSA) is 135 Å². The second-order valence-corrected chi connectivity index (χ2v) is 5.44. The zero-order chi connectivity index (χ0) is 19.3. The monoisotopic (exact) mass is 383 g/mol. The molecule has 0 aliphatic heterocycles. The van der Waals surface area contributed by atoms with E-state index in [4.69, 9.17) is 19.3 Å². The van der Waals surface area contributed by atoms with E-state index in [0.717, 1.165) is 12.1 Å². The molecular weight excluding hydrogens is 354 g/mol. The molecular formula is C14H29N3O7S. The van der Waals surface area contributed by atoms with Crippen molar-refractivity contribution in [2.24, 2.45) is 5.92 Å². The minimum Gasteiger partial charge on any atom is -0.480 e. The molecule has 0 radical (unpaired) electrons. The van der Waals surface area contributed by atoms with Crippen molar-refractivity contribution in [1.82, 2.24) is 14.8 Å². The van der Waals surface area contributed by atoms with Crippen LogP contribution in [-0.4, -0.2) is 76.6 Å². The number of methoxy groups -OCH3 is 1. The molecule has 0 bridgehead atoms. The molecule has 0 rings (SSSR count). The molecule has 148 valence electrons. The smallest absolute Gasteiger partial charge is 0.318 e. The molecule has 0 spiro atoms. The molecule has 25 heavy (non-hydrogen) atoms. The number of carboxylic acids is 1. The second-order valence-electron chi connectivity index (χ2n) is 4.72. The minimum absolute atomic E-state index is 0.0253. The van der Waals surface area contributed by atoms with E-state index in [1.54, 1.807) is 7.11 Å². The van der Waals surface area contributed by atoms with Gasteiger partial charge < -0.3 is 24.6 Å². The van der Waals surface area contributed by atoms with Crippen LogP contribution in [0.25, 0.3) is 0 Å². The molecule has 2 amide bonds. The highest BCUT2D eigenvalue weighted by molar-refractivity contribution is 7.95. The van der Waals surface area contributed by atoms with Crippen molar-refractivity contribution in [2.45, 2.75) is 13.8 Å². The van der Waals surface area contributed by atoms with Crippen molar-refractivity contribution >= 4 is 30.4 Å². The fourth-order valence-electron chi connectivity index (χ4n) is 1.08. The Balaban J connectivity index is 0. The van der Waals surface area contributed by atoms with Crippen molar-refractivity contribution in [1.29, 1.82) is 0 Å². The van der Waals surface area contributed by atoms with Gasteiger partial charge in [-0.1, -0.05) is 13.8 Å². The number of carboxylic acid groups (broad SMARTS) is 1. The first-order chi connectivity index (χ1) is 12.0. The quantitative estimate of drug-likeness (QED) is 0.166. The lowest BCUT2D eigenvalue weighted by molar-refractivity contribution is -0.135. The Labute approximate surface area is 152 Å². The maximum atomic E-state index is 11.1. The number of amides is 2. The average molecular weight is 383 g/mol. The third kappa shape index (κ3) is 25.0. The molecule has 0 saturated carbocycles. The van der Waals surface area contributed by atoms with Gasteiger partial charge in [-0.2, -0.15) is 0 Å². The van der Waals surface area contributed by atoms with Gasteiger partial charge in [0.2, 0.25) is 12.3 Å². The fraction of sp³-hybridized carbons (Fsp3) is 0.786. The first-order valence-electron chi connectivity index (χ1n) is 7.67. The summed E-state index contributed by atoms with van der Waals surface area (Å²) in [4.78, 5) is 30.4. The van der Waals surface area contributed by atoms with E-state index < -0.39 is 5.97 Å². The maximum absolute atomic E-state index is 11.1. The molecule has 11 heteroatoms. The lowest BCUT2D eigenvalue weighted by Crippen LogP contribution is -2.31. The van der Waals surface area contributed by atoms with E-state index in [0.29, 0.717) is 46.0 Å². The number of carbonyl (C=O) groups excluding carboxylic acids is 2. The number of nitrogens with one attached hydrogen (secondary N) is 3. The van der Waals surface area contributed by atoms with Crippen molar-refractivity contribution in [3.05, 3.63) is 0 Å². The Kier molecular flexibility index (Phi) is 21.3. The number of rotatable bonds is 15. The van der Waals surface area contributed by atoms with E-state index in [-0.39, 0.29) is 18.4 Å². The van der Waals surface area contributed by atoms with Gasteiger partial charge in [-0.15, -0.1) is 0 Å². The van der Waals surface area contributed by atoms with Crippen LogP contribution in [0.15, 0.2) is 0 Å². The largest absolute Gasteiger partial charge is 0.480 e. The van der Waals surface area contributed by atoms with Crippen LogP contribution in [0, 0.1) is 5.92 Å². The van der Waals surface area contributed by atoms with Gasteiger partial charge in [0.05, 0.1) is 33.0 Å². The third-order valence-electron chi connectivity index (χ3n) is 2.28. The van der Waals surface area contributed by atoms with Gasteiger partial charge in [-0.25, -0.2) is 4.72 Å². The maximum Gasteiger partial charge on any atom is 0.318 e. The highest BCUT2D eigenvalue weighted by Gasteiger charge is 2.04. The lowest BCUT2D eigenvalue weighted by atomic mass is 10.2. The SMILES string of the molecule is COCCOCCOCCNC(=O)C(C)C.O=CNSNCC(=O)O. The molecule has 10 nitrogen and oxygen atoms in total. The van der Waals surface area contributed by atoms with Gasteiger partial charge in [-0.3, -0.25) is 19.1 Å². The highest BCUT2D eigenvalue weighted by Crippen LogP contribution is 1.89. The van der Waals surface area contributed by atoms with Crippen LogP contribution >= 0.6 is 12.1 Å². The zero-order valence-corrected chi connectivity index (χ0v) is 15.7. The van der Waals surface area contributed by atoms with Crippen LogP contribution in [0.3, 0.4) is 0 Å². The van der Waals surface area contributed by atoms with E-state index in [1.807, 2.05) is 13.8 Å². The van der Waals surface area contributed by atoms with Gasteiger partial charge in [0.25, 0.3) is 0 Å². The molecule has 0 aliphatic rings. The number of aliphatic carboxylic acids is 1. The molecule has 0 aromatic heterocycles. The van der Waals surface area contributed by atoms with Gasteiger partial charge in [0, 0.05) is 31.7 Å². The zero-order valence-electron chi connectivity index (χ0n) is 14.9. The summed E-state index contributed by atoms with van der Waals surface area (Å²) in [7, 11) is 1.64. The Morgan fingerprint density at radius 2 is 1.72 bits per heavy atom. The summed E-state index contributed by atoms with van der Waals surface area (Å²) in [6.07, 6.45) is 0.458. The predicted molar refractivity (Wildman–Crippen MR) is 93.8 cm³/mol. The van der Waals surface area contributed by atoms with E-state index in [1.165, 1.54) is 0 Å². The standard InChI is InChI=1S/C11H23NO4.C3H6N2O3S/c1-10(2)11(13)12-4-5-15-8-9-16-7-6-14-3;6-2-5-9-4-1-3(7)8/h10H,4-9H2,1-3H3,(H,12,13);2,4H,1H2,(H,5,6)(H,7,8). The van der Waals surface area contributed by atoms with E-state index >= 15 is 0 Å². The minimum atomic E-state index is -0.963. The van der Waals surface area contributed by atoms with Crippen LogP contribution in [-0.2, 0) is 28.6 Å². The van der Waals surface area contributed by atoms with E-state index in [9.17, 15) is 14.4 Å². The number of ether oxygens (including phenoxy) is 3. The molecule has 0 aromatic rings. The van der Waals surface area contributed by atoms with Crippen LogP contribution in [0.5, 0.6) is 0 Å². The fourth-order valence-corrected chi connectivity index (χ4v) is 1.41. The third-order valence-corrected chi connectivity index (χ3v) is 2.78. The first kappa shape index (κ1) is 25.8. The van der Waals surface area contributed by atoms with Crippen LogP contribution in [0.1, 0.15) is 13.8 Å². The Morgan fingerprint density at radius 1 is 1.12 bits per heavy atom. The van der Waals surface area contributed by atoms with Crippen molar-refractivity contribution < 1.29 is 33.7 Å². The molecule has 0 atom stereocenters. The van der Waals surface area contributed by atoms with Crippen LogP contribution < -0.4 is 14.8 Å². The summed E-state index contributed by atoms with van der Waals surface area (Å²) < 4.78 is 19.8. The highest BCUT2D eigenvalue weighted by atomic mass is 32.2. The number of hydrogen-bond donors (Lipinski definition) is 4. The first-order valence-corrected chi connectivity index (χ1v) is 8.49. The van der Waals surface area contributed by atoms with Crippen LogP contribution in [0.2, 0.25) is 0 Å². The Morgan fingerprint density at radius 3 is 2.24 bits per heavy atom. The van der Waals surface area contributed by atoms with Gasteiger partial charge in [0.1, 0.15) is 6.54 Å². The summed E-state index contributed by atoms with van der Waals surface area (Å²) in [5.74, 6) is -0.882. The summed E-state index contributed by atoms with van der Waals surface area (Å²) in [5.41, 5.74) is 0. The van der Waals surface area contributed by atoms with Crippen molar-refractivity contribution in [3.63, 3.8) is 0 Å². The van der Waals surface area contributed by atoms with Crippen molar-refractivity contribution in [3.8, 4) is 0 Å². The number of hydrogen-bond acceptors (Lipinski definition) is 8. The van der Waals surface area contributed by atoms with Crippen LogP contribution in [0.4, 0.5) is 0 Å². The van der Waals surface area contributed by atoms with Gasteiger partial charge in [-0.05, 0) is 0 Å².